The fourth-order valence-corrected chi connectivity index (χ4v) is 3.40. The smallest absolute Gasteiger partial charge is 0.337 e. The summed E-state index contributed by atoms with van der Waals surface area (Å²) >= 11 is 6.11. The Hall–Kier alpha value is -2.28. The zero-order valence-electron chi connectivity index (χ0n) is 16.7. The normalized spacial score (nSPS) is 15.1. The van der Waals surface area contributed by atoms with Gasteiger partial charge in [-0.25, -0.2) is 4.79 Å². The van der Waals surface area contributed by atoms with Gasteiger partial charge in [0.15, 0.2) is 0 Å². The minimum atomic E-state index is -0.356. The molecule has 0 atom stereocenters. The van der Waals surface area contributed by atoms with Crippen LogP contribution in [0, 0.1) is 0 Å². The van der Waals surface area contributed by atoms with Gasteiger partial charge in [-0.15, -0.1) is 0 Å². The largest absolute Gasteiger partial charge is 0.492 e. The van der Waals surface area contributed by atoms with E-state index in [1.165, 1.54) is 7.11 Å². The Morgan fingerprint density at radius 3 is 2.24 bits per heavy atom. The van der Waals surface area contributed by atoms with Crippen molar-refractivity contribution < 1.29 is 19.0 Å². The van der Waals surface area contributed by atoms with Crippen molar-refractivity contribution in [2.24, 2.45) is 0 Å². The molecule has 0 unspecified atom stereocenters. The topological polar surface area (TPSA) is 51.2 Å². The standard InChI is InChI=1S/C22H27ClN2O4/c1-27-22(26)18-5-4-6-19(17-18)28-15-13-24-9-11-25(12-10-24)14-16-29-21-8-3-2-7-20(21)23/h2-8,17H,9-16H2,1H3. The molecule has 0 aliphatic carbocycles. The first kappa shape index (κ1) is 21.4. The lowest BCUT2D eigenvalue weighted by Gasteiger charge is -2.34. The fraction of sp³-hybridized carbons (Fsp3) is 0.409. The van der Waals surface area contributed by atoms with E-state index in [1.807, 2.05) is 30.3 Å². The second-order valence-electron chi connectivity index (χ2n) is 6.83. The van der Waals surface area contributed by atoms with E-state index in [0.717, 1.165) is 45.0 Å². The molecule has 0 amide bonds. The van der Waals surface area contributed by atoms with Crippen molar-refractivity contribution in [1.82, 2.24) is 9.80 Å². The first-order valence-electron chi connectivity index (χ1n) is 9.79. The SMILES string of the molecule is COC(=O)c1cccc(OCCN2CCN(CCOc3ccccc3Cl)CC2)c1. The van der Waals surface area contributed by atoms with Crippen LogP contribution in [-0.4, -0.2) is 75.4 Å². The highest BCUT2D eigenvalue weighted by Crippen LogP contribution is 2.23. The number of ether oxygens (including phenoxy) is 3. The number of carbonyl (C=O) groups is 1. The van der Waals surface area contributed by atoms with Crippen LogP contribution in [-0.2, 0) is 4.74 Å². The minimum Gasteiger partial charge on any atom is -0.492 e. The molecule has 1 aliphatic rings. The first-order valence-corrected chi connectivity index (χ1v) is 10.2. The van der Waals surface area contributed by atoms with Gasteiger partial charge in [0.25, 0.3) is 0 Å². The number of carbonyl (C=O) groups excluding carboxylic acids is 1. The Morgan fingerprint density at radius 2 is 1.59 bits per heavy atom. The number of piperazine rings is 1. The molecule has 7 heteroatoms. The van der Waals surface area contributed by atoms with Crippen LogP contribution < -0.4 is 9.47 Å². The number of hydrogen-bond acceptors (Lipinski definition) is 6. The van der Waals surface area contributed by atoms with Gasteiger partial charge in [0.05, 0.1) is 17.7 Å². The van der Waals surface area contributed by atoms with E-state index in [0.29, 0.717) is 29.5 Å². The summed E-state index contributed by atoms with van der Waals surface area (Å²) in [6.45, 7) is 6.95. The van der Waals surface area contributed by atoms with E-state index < -0.39 is 0 Å². The number of rotatable bonds is 9. The van der Waals surface area contributed by atoms with Crippen LogP contribution in [0.1, 0.15) is 10.4 Å². The lowest BCUT2D eigenvalue weighted by molar-refractivity contribution is 0.0600. The molecule has 0 saturated carbocycles. The summed E-state index contributed by atoms with van der Waals surface area (Å²) in [7, 11) is 1.37. The molecule has 0 bridgehead atoms. The van der Waals surface area contributed by atoms with Crippen LogP contribution in [0.25, 0.3) is 0 Å². The highest BCUT2D eigenvalue weighted by atomic mass is 35.5. The van der Waals surface area contributed by atoms with Gasteiger partial charge < -0.3 is 14.2 Å². The van der Waals surface area contributed by atoms with E-state index in [1.54, 1.807) is 18.2 Å². The zero-order chi connectivity index (χ0) is 20.5. The van der Waals surface area contributed by atoms with E-state index in [-0.39, 0.29) is 5.97 Å². The van der Waals surface area contributed by atoms with Crippen LogP contribution in [0.3, 0.4) is 0 Å². The summed E-state index contributed by atoms with van der Waals surface area (Å²) in [5.41, 5.74) is 0.498. The van der Waals surface area contributed by atoms with Crippen molar-refractivity contribution in [3.05, 3.63) is 59.1 Å². The van der Waals surface area contributed by atoms with Gasteiger partial charge in [-0.3, -0.25) is 9.80 Å². The van der Waals surface area contributed by atoms with Crippen molar-refractivity contribution in [1.29, 1.82) is 0 Å². The van der Waals surface area contributed by atoms with Gasteiger partial charge in [0.1, 0.15) is 24.7 Å². The fourth-order valence-electron chi connectivity index (χ4n) is 3.21. The van der Waals surface area contributed by atoms with Crippen LogP contribution in [0.5, 0.6) is 11.5 Å². The van der Waals surface area contributed by atoms with Crippen molar-refractivity contribution in [3.8, 4) is 11.5 Å². The molecule has 0 aromatic heterocycles. The van der Waals surface area contributed by atoms with Crippen molar-refractivity contribution in [2.45, 2.75) is 0 Å². The second-order valence-corrected chi connectivity index (χ2v) is 7.24. The molecule has 156 valence electrons. The number of hydrogen-bond donors (Lipinski definition) is 0. The van der Waals surface area contributed by atoms with E-state index in [9.17, 15) is 4.79 Å². The molecule has 2 aromatic carbocycles. The Balaban J connectivity index is 1.32. The predicted octanol–water partition coefficient (Wildman–Crippen LogP) is 3.20. The molecular weight excluding hydrogens is 392 g/mol. The molecule has 29 heavy (non-hydrogen) atoms. The molecule has 1 fully saturated rings. The van der Waals surface area contributed by atoms with Gasteiger partial charge in [-0.1, -0.05) is 29.8 Å². The van der Waals surface area contributed by atoms with Crippen LogP contribution in [0.2, 0.25) is 5.02 Å². The number of para-hydroxylation sites is 1. The molecule has 1 heterocycles. The van der Waals surface area contributed by atoms with Gasteiger partial charge in [-0.05, 0) is 30.3 Å². The maximum Gasteiger partial charge on any atom is 0.337 e. The number of halogens is 1. The first-order chi connectivity index (χ1) is 14.2. The molecule has 1 aliphatic heterocycles. The van der Waals surface area contributed by atoms with Crippen molar-refractivity contribution in [2.75, 3.05) is 59.6 Å². The Bertz CT molecular complexity index is 794. The Kier molecular flexibility index (Phi) is 8.16. The van der Waals surface area contributed by atoms with Gasteiger partial charge in [0, 0.05) is 39.3 Å². The quantitative estimate of drug-likeness (QED) is 0.583. The van der Waals surface area contributed by atoms with E-state index >= 15 is 0 Å². The van der Waals surface area contributed by atoms with E-state index in [2.05, 4.69) is 9.80 Å². The van der Waals surface area contributed by atoms with Crippen LogP contribution >= 0.6 is 11.6 Å². The number of esters is 1. The Morgan fingerprint density at radius 1 is 0.931 bits per heavy atom. The molecule has 0 spiro atoms. The average molecular weight is 419 g/mol. The number of methoxy groups -OCH3 is 1. The molecule has 1 saturated heterocycles. The van der Waals surface area contributed by atoms with Gasteiger partial charge >= 0.3 is 5.97 Å². The molecule has 0 N–H and O–H groups in total. The monoisotopic (exact) mass is 418 g/mol. The second kappa shape index (κ2) is 11.0. The minimum absolute atomic E-state index is 0.356. The summed E-state index contributed by atoms with van der Waals surface area (Å²) in [5.74, 6) is 1.06. The molecule has 6 nitrogen and oxygen atoms in total. The number of benzene rings is 2. The lowest BCUT2D eigenvalue weighted by atomic mass is 10.2. The third-order valence-electron chi connectivity index (χ3n) is 4.90. The van der Waals surface area contributed by atoms with Crippen molar-refractivity contribution >= 4 is 17.6 Å². The molecule has 3 rings (SSSR count). The van der Waals surface area contributed by atoms with Crippen molar-refractivity contribution in [3.63, 3.8) is 0 Å². The summed E-state index contributed by atoms with van der Waals surface area (Å²) < 4.78 is 16.3. The molecule has 0 radical (unpaired) electrons. The van der Waals surface area contributed by atoms with E-state index in [4.69, 9.17) is 25.8 Å². The van der Waals surface area contributed by atoms with Crippen LogP contribution in [0.15, 0.2) is 48.5 Å². The Labute approximate surface area is 176 Å². The highest BCUT2D eigenvalue weighted by molar-refractivity contribution is 6.32. The van der Waals surface area contributed by atoms with Crippen LogP contribution in [0.4, 0.5) is 0 Å². The highest BCUT2D eigenvalue weighted by Gasteiger charge is 2.16. The maximum atomic E-state index is 11.6. The summed E-state index contributed by atoms with van der Waals surface area (Å²) in [5, 5.41) is 0.648. The third kappa shape index (κ3) is 6.63. The predicted molar refractivity (Wildman–Crippen MR) is 113 cm³/mol. The summed E-state index contributed by atoms with van der Waals surface area (Å²) in [4.78, 5) is 16.4. The molecule has 2 aromatic rings. The van der Waals surface area contributed by atoms with Gasteiger partial charge in [-0.2, -0.15) is 0 Å². The maximum absolute atomic E-state index is 11.6. The molecular formula is C22H27ClN2O4. The average Bonchev–Trinajstić information content (AvgIpc) is 2.76. The zero-order valence-corrected chi connectivity index (χ0v) is 17.4. The summed E-state index contributed by atoms with van der Waals surface area (Å²) in [6.07, 6.45) is 0. The number of nitrogens with zero attached hydrogens (tertiary/aromatic N) is 2. The lowest BCUT2D eigenvalue weighted by Crippen LogP contribution is -2.48. The summed E-state index contributed by atoms with van der Waals surface area (Å²) in [6, 6.07) is 14.6. The third-order valence-corrected chi connectivity index (χ3v) is 5.21. The van der Waals surface area contributed by atoms with Gasteiger partial charge in [0.2, 0.25) is 0 Å².